The van der Waals surface area contributed by atoms with Crippen LogP contribution in [0.5, 0.6) is 0 Å². The molecule has 1 heterocycles. The highest BCUT2D eigenvalue weighted by atomic mass is 16.5. The fourth-order valence-corrected chi connectivity index (χ4v) is 3.14. The minimum absolute atomic E-state index is 0.144. The van der Waals surface area contributed by atoms with Gasteiger partial charge in [-0.05, 0) is 48.0 Å². The van der Waals surface area contributed by atoms with Crippen LogP contribution in [0, 0.1) is 0 Å². The number of carbonyl (C=O) groups is 1. The summed E-state index contributed by atoms with van der Waals surface area (Å²) in [4.78, 5) is 13.9. The zero-order valence-corrected chi connectivity index (χ0v) is 13.6. The smallest absolute Gasteiger partial charge is 0.323 e. The molecule has 0 aliphatic carbocycles. The lowest BCUT2D eigenvalue weighted by Gasteiger charge is -2.41. The molecule has 0 spiro atoms. The van der Waals surface area contributed by atoms with Gasteiger partial charge in [-0.25, -0.2) is 0 Å². The van der Waals surface area contributed by atoms with Gasteiger partial charge in [-0.3, -0.25) is 15.0 Å². The Balaban J connectivity index is 2.70. The van der Waals surface area contributed by atoms with E-state index in [0.29, 0.717) is 6.42 Å². The Kier molecular flexibility index (Phi) is 5.98. The summed E-state index contributed by atoms with van der Waals surface area (Å²) in [5.41, 5.74) is -0.891. The van der Waals surface area contributed by atoms with Crippen LogP contribution in [-0.2, 0) is 9.53 Å². The van der Waals surface area contributed by atoms with Gasteiger partial charge in [0.05, 0.1) is 12.2 Å². The average molecular weight is 286 g/mol. The summed E-state index contributed by atoms with van der Waals surface area (Å²) >= 11 is 0. The maximum absolute atomic E-state index is 11.6. The molecule has 0 radical (unpaired) electrons. The predicted molar refractivity (Wildman–Crippen MR) is 80.0 cm³/mol. The van der Waals surface area contributed by atoms with Crippen molar-refractivity contribution in [3.63, 3.8) is 0 Å². The second-order valence-corrected chi connectivity index (χ2v) is 6.70. The van der Waals surface area contributed by atoms with Gasteiger partial charge in [-0.2, -0.15) is 0 Å². The summed E-state index contributed by atoms with van der Waals surface area (Å²) in [7, 11) is 0. The Hall–Kier alpha value is -0.650. The molecule has 20 heavy (non-hydrogen) atoms. The van der Waals surface area contributed by atoms with E-state index in [9.17, 15) is 9.90 Å². The third-order valence-corrected chi connectivity index (χ3v) is 3.85. The predicted octanol–water partition coefficient (Wildman–Crippen LogP) is 1.72. The van der Waals surface area contributed by atoms with Crippen molar-refractivity contribution in [2.45, 2.75) is 77.8 Å². The molecule has 0 aromatic heterocycles. The minimum Gasteiger partial charge on any atom is -0.480 e. The van der Waals surface area contributed by atoms with E-state index in [-0.39, 0.29) is 24.3 Å². The van der Waals surface area contributed by atoms with Gasteiger partial charge in [0.1, 0.15) is 5.54 Å². The number of nitrogens with zero attached hydrogens (tertiary/aromatic N) is 1. The highest BCUT2D eigenvalue weighted by molar-refractivity contribution is 5.78. The Bertz CT molecular complexity index is 325. The van der Waals surface area contributed by atoms with E-state index in [1.807, 2.05) is 13.8 Å². The number of carboxylic acids is 1. The fraction of sp³-hybridized carbons (Fsp3) is 0.933. The minimum atomic E-state index is -0.891. The summed E-state index contributed by atoms with van der Waals surface area (Å²) < 4.78 is 5.74. The van der Waals surface area contributed by atoms with E-state index >= 15 is 0 Å². The fourth-order valence-electron chi connectivity index (χ4n) is 3.14. The normalized spacial score (nSPS) is 29.1. The van der Waals surface area contributed by atoms with Crippen LogP contribution in [-0.4, -0.2) is 58.9 Å². The van der Waals surface area contributed by atoms with Crippen molar-refractivity contribution in [1.82, 2.24) is 10.2 Å². The number of morpholine rings is 1. The van der Waals surface area contributed by atoms with Crippen molar-refractivity contribution < 1.29 is 14.6 Å². The highest BCUT2D eigenvalue weighted by Gasteiger charge is 2.37. The molecule has 1 saturated heterocycles. The molecule has 4 unspecified atom stereocenters. The van der Waals surface area contributed by atoms with Crippen LogP contribution in [0.3, 0.4) is 0 Å². The molecule has 0 aromatic rings. The van der Waals surface area contributed by atoms with Gasteiger partial charge in [0.2, 0.25) is 0 Å². The number of carboxylic acid groups (broad SMARTS) is 1. The lowest BCUT2D eigenvalue weighted by atomic mass is 9.91. The third-order valence-electron chi connectivity index (χ3n) is 3.85. The van der Waals surface area contributed by atoms with E-state index in [2.05, 4.69) is 31.0 Å². The second-order valence-electron chi connectivity index (χ2n) is 6.70. The Morgan fingerprint density at radius 1 is 1.35 bits per heavy atom. The van der Waals surface area contributed by atoms with E-state index in [1.54, 1.807) is 6.92 Å². The lowest BCUT2D eigenvalue weighted by molar-refractivity contribution is -0.146. The van der Waals surface area contributed by atoms with Crippen molar-refractivity contribution in [3.05, 3.63) is 0 Å². The molecule has 1 fully saturated rings. The van der Waals surface area contributed by atoms with E-state index in [4.69, 9.17) is 4.74 Å². The number of ether oxygens (including phenoxy) is 1. The van der Waals surface area contributed by atoms with Gasteiger partial charge in [0.15, 0.2) is 0 Å². The SMILES string of the molecule is CC(C)NC(C)(CC(C)N1CC(C)OC(C)C1)C(=O)O. The first-order valence-corrected chi connectivity index (χ1v) is 7.54. The standard InChI is InChI=1S/C15H30N2O3/c1-10(2)16-15(6,14(18)19)7-11(3)17-8-12(4)20-13(5)9-17/h10-13,16H,7-9H2,1-6H3,(H,18,19). The Morgan fingerprint density at radius 3 is 2.25 bits per heavy atom. The van der Waals surface area contributed by atoms with Crippen LogP contribution in [0.1, 0.15) is 48.0 Å². The van der Waals surface area contributed by atoms with Crippen molar-refractivity contribution in [1.29, 1.82) is 0 Å². The Labute approximate surface area is 122 Å². The molecule has 1 aliphatic rings. The van der Waals surface area contributed by atoms with Crippen LogP contribution in [0.4, 0.5) is 0 Å². The maximum Gasteiger partial charge on any atom is 0.323 e. The monoisotopic (exact) mass is 286 g/mol. The van der Waals surface area contributed by atoms with Gasteiger partial charge in [0.25, 0.3) is 0 Å². The molecular formula is C15H30N2O3. The van der Waals surface area contributed by atoms with Gasteiger partial charge in [-0.15, -0.1) is 0 Å². The summed E-state index contributed by atoms with van der Waals surface area (Å²) in [6.07, 6.45) is 0.991. The quantitative estimate of drug-likeness (QED) is 0.778. The maximum atomic E-state index is 11.6. The number of hydrogen-bond donors (Lipinski definition) is 2. The van der Waals surface area contributed by atoms with Crippen LogP contribution in [0.15, 0.2) is 0 Å². The van der Waals surface area contributed by atoms with Crippen molar-refractivity contribution >= 4 is 5.97 Å². The molecule has 4 atom stereocenters. The van der Waals surface area contributed by atoms with E-state index < -0.39 is 11.5 Å². The first-order chi connectivity index (χ1) is 9.14. The molecule has 2 N–H and O–H groups in total. The zero-order valence-electron chi connectivity index (χ0n) is 13.6. The molecule has 5 heteroatoms. The van der Waals surface area contributed by atoms with Gasteiger partial charge < -0.3 is 9.84 Å². The van der Waals surface area contributed by atoms with Crippen LogP contribution >= 0.6 is 0 Å². The summed E-state index contributed by atoms with van der Waals surface area (Å²) in [6.45, 7) is 13.7. The van der Waals surface area contributed by atoms with E-state index in [1.165, 1.54) is 0 Å². The molecule has 5 nitrogen and oxygen atoms in total. The summed E-state index contributed by atoms with van der Waals surface area (Å²) in [5.74, 6) is -0.785. The number of hydrogen-bond acceptors (Lipinski definition) is 4. The van der Waals surface area contributed by atoms with Crippen molar-refractivity contribution in [2.24, 2.45) is 0 Å². The molecule has 0 aromatic carbocycles. The summed E-state index contributed by atoms with van der Waals surface area (Å²) in [5, 5.41) is 12.7. The van der Waals surface area contributed by atoms with Crippen LogP contribution < -0.4 is 5.32 Å². The van der Waals surface area contributed by atoms with Crippen molar-refractivity contribution in [2.75, 3.05) is 13.1 Å². The molecule has 118 valence electrons. The average Bonchev–Trinajstić information content (AvgIpc) is 2.25. The van der Waals surface area contributed by atoms with Gasteiger partial charge in [0, 0.05) is 25.2 Å². The molecule has 0 bridgehead atoms. The largest absolute Gasteiger partial charge is 0.480 e. The number of nitrogens with one attached hydrogen (secondary N) is 1. The number of aliphatic carboxylic acids is 1. The molecule has 0 saturated carbocycles. The zero-order chi connectivity index (χ0) is 15.5. The highest BCUT2D eigenvalue weighted by Crippen LogP contribution is 2.21. The van der Waals surface area contributed by atoms with Crippen LogP contribution in [0.2, 0.25) is 0 Å². The Morgan fingerprint density at radius 2 is 1.85 bits per heavy atom. The van der Waals surface area contributed by atoms with Crippen LogP contribution in [0.25, 0.3) is 0 Å². The van der Waals surface area contributed by atoms with E-state index in [0.717, 1.165) is 13.1 Å². The molecule has 1 rings (SSSR count). The van der Waals surface area contributed by atoms with Gasteiger partial charge in [-0.1, -0.05) is 0 Å². The first-order valence-electron chi connectivity index (χ1n) is 7.54. The lowest BCUT2D eigenvalue weighted by Crippen LogP contribution is -2.57. The number of rotatable bonds is 6. The second kappa shape index (κ2) is 6.87. The third kappa shape index (κ3) is 4.72. The summed E-state index contributed by atoms with van der Waals surface area (Å²) in [6, 6.07) is 0.349. The molecule has 0 amide bonds. The van der Waals surface area contributed by atoms with Gasteiger partial charge >= 0.3 is 5.97 Å². The topological polar surface area (TPSA) is 61.8 Å². The first kappa shape index (κ1) is 17.4. The molecular weight excluding hydrogens is 256 g/mol. The molecule has 1 aliphatic heterocycles. The van der Waals surface area contributed by atoms with Crippen molar-refractivity contribution in [3.8, 4) is 0 Å².